The van der Waals surface area contributed by atoms with Crippen LogP contribution in [0, 0.1) is 11.7 Å². The van der Waals surface area contributed by atoms with Crippen LogP contribution in [-0.2, 0) is 9.59 Å². The number of benzene rings is 2. The van der Waals surface area contributed by atoms with Crippen LogP contribution in [0.2, 0.25) is 0 Å². The van der Waals surface area contributed by atoms with Crippen molar-refractivity contribution in [3.05, 3.63) is 53.3 Å². The molecule has 9 heteroatoms. The largest absolute Gasteiger partial charge is 0.496 e. The van der Waals surface area contributed by atoms with Crippen LogP contribution in [-0.4, -0.2) is 43.6 Å². The Kier molecular flexibility index (Phi) is 5.10. The zero-order valence-corrected chi connectivity index (χ0v) is 16.7. The van der Waals surface area contributed by atoms with Crippen molar-refractivity contribution in [2.45, 2.75) is 5.92 Å². The van der Waals surface area contributed by atoms with Crippen molar-refractivity contribution < 1.29 is 33.0 Å². The lowest BCUT2D eigenvalue weighted by Crippen LogP contribution is -2.26. The van der Waals surface area contributed by atoms with Gasteiger partial charge in [0.25, 0.3) is 5.91 Å². The minimum absolute atomic E-state index is 0.130. The van der Waals surface area contributed by atoms with Crippen LogP contribution in [0.3, 0.4) is 0 Å². The summed E-state index contributed by atoms with van der Waals surface area (Å²) >= 11 is 0. The highest BCUT2D eigenvalue weighted by atomic mass is 19.1. The lowest BCUT2D eigenvalue weighted by atomic mass is 9.87. The molecule has 1 aliphatic rings. The first-order valence-corrected chi connectivity index (χ1v) is 9.48. The van der Waals surface area contributed by atoms with Gasteiger partial charge in [-0.2, -0.15) is 0 Å². The van der Waals surface area contributed by atoms with E-state index in [1.807, 2.05) is 0 Å². The van der Waals surface area contributed by atoms with Crippen LogP contribution < -0.4 is 15.4 Å². The Labute approximate surface area is 176 Å². The maximum atomic E-state index is 13.4. The van der Waals surface area contributed by atoms with Crippen LogP contribution >= 0.6 is 0 Å². The number of fused-ring (bicyclic) bond motifs is 1. The number of aliphatic carboxylic acids is 1. The highest BCUT2D eigenvalue weighted by Gasteiger charge is 2.42. The summed E-state index contributed by atoms with van der Waals surface area (Å²) in [6, 6.07) is 8.70. The van der Waals surface area contributed by atoms with E-state index in [4.69, 9.17) is 9.15 Å². The fraction of sp³-hybridized carbons (Fsp3) is 0.227. The number of rotatable bonds is 5. The summed E-state index contributed by atoms with van der Waals surface area (Å²) in [7, 11) is 2.90. The number of halogens is 1. The second-order valence-electron chi connectivity index (χ2n) is 7.15. The van der Waals surface area contributed by atoms with Gasteiger partial charge in [0.05, 0.1) is 12.7 Å². The predicted octanol–water partition coefficient (Wildman–Crippen LogP) is 2.52. The van der Waals surface area contributed by atoms with E-state index in [9.17, 15) is 23.9 Å². The Hall–Kier alpha value is -3.88. The molecule has 0 radical (unpaired) electrons. The Balaban J connectivity index is 1.94. The molecule has 2 aromatic carbocycles. The minimum atomic E-state index is -1.27. The number of hydrogen-bond acceptors (Lipinski definition) is 5. The maximum Gasteiger partial charge on any atom is 0.316 e. The summed E-state index contributed by atoms with van der Waals surface area (Å²) in [6.07, 6.45) is 0. The van der Waals surface area contributed by atoms with E-state index in [0.29, 0.717) is 27.8 Å². The molecule has 0 bridgehead atoms. The molecule has 2 atom stereocenters. The molecule has 0 saturated carbocycles. The van der Waals surface area contributed by atoms with Gasteiger partial charge in [-0.1, -0.05) is 0 Å². The normalized spacial score (nSPS) is 18.1. The minimum Gasteiger partial charge on any atom is -0.496 e. The van der Waals surface area contributed by atoms with Gasteiger partial charge in [0.2, 0.25) is 5.91 Å². The van der Waals surface area contributed by atoms with Crippen LogP contribution in [0.15, 0.2) is 40.8 Å². The smallest absolute Gasteiger partial charge is 0.316 e. The summed E-state index contributed by atoms with van der Waals surface area (Å²) in [5.74, 6) is -4.02. The lowest BCUT2D eigenvalue weighted by Gasteiger charge is -2.17. The van der Waals surface area contributed by atoms with Crippen molar-refractivity contribution in [2.75, 3.05) is 20.7 Å². The van der Waals surface area contributed by atoms with Crippen molar-refractivity contribution in [3.63, 3.8) is 0 Å². The molecule has 0 aliphatic carbocycles. The molecule has 1 saturated heterocycles. The number of carbonyl (C=O) groups is 3. The second-order valence-corrected chi connectivity index (χ2v) is 7.15. The molecule has 2 amide bonds. The average molecular weight is 426 g/mol. The van der Waals surface area contributed by atoms with E-state index >= 15 is 0 Å². The van der Waals surface area contributed by atoms with Crippen molar-refractivity contribution in [3.8, 4) is 17.1 Å². The first-order valence-electron chi connectivity index (χ1n) is 9.48. The Bertz CT molecular complexity index is 1200. The number of ether oxygens (including phenoxy) is 1. The van der Waals surface area contributed by atoms with Gasteiger partial charge in [0, 0.05) is 36.0 Å². The molecule has 1 aromatic heterocycles. The first kappa shape index (κ1) is 20.4. The predicted molar refractivity (Wildman–Crippen MR) is 108 cm³/mol. The Morgan fingerprint density at radius 2 is 1.97 bits per heavy atom. The highest BCUT2D eigenvalue weighted by Crippen LogP contribution is 2.41. The van der Waals surface area contributed by atoms with Gasteiger partial charge in [-0.05, 0) is 36.4 Å². The molecule has 2 heterocycles. The zero-order valence-electron chi connectivity index (χ0n) is 16.7. The van der Waals surface area contributed by atoms with E-state index in [-0.39, 0.29) is 17.9 Å². The summed E-state index contributed by atoms with van der Waals surface area (Å²) in [4.78, 5) is 36.3. The number of amides is 2. The molecule has 0 spiro atoms. The fourth-order valence-electron chi connectivity index (χ4n) is 3.96. The van der Waals surface area contributed by atoms with Gasteiger partial charge >= 0.3 is 5.97 Å². The molecule has 160 valence electrons. The topological polar surface area (TPSA) is 118 Å². The molecule has 31 heavy (non-hydrogen) atoms. The zero-order chi connectivity index (χ0) is 22.3. The van der Waals surface area contributed by atoms with E-state index in [0.717, 1.165) is 0 Å². The van der Waals surface area contributed by atoms with Crippen molar-refractivity contribution >= 4 is 28.8 Å². The fourth-order valence-corrected chi connectivity index (χ4v) is 3.96. The third kappa shape index (κ3) is 3.37. The monoisotopic (exact) mass is 426 g/mol. The molecule has 4 rings (SSSR count). The summed E-state index contributed by atoms with van der Waals surface area (Å²) < 4.78 is 24.8. The van der Waals surface area contributed by atoms with Crippen molar-refractivity contribution in [1.29, 1.82) is 0 Å². The Morgan fingerprint density at radius 1 is 1.26 bits per heavy atom. The maximum absolute atomic E-state index is 13.4. The quantitative estimate of drug-likeness (QED) is 0.540. The summed E-state index contributed by atoms with van der Waals surface area (Å²) in [5, 5.41) is 15.1. The highest BCUT2D eigenvalue weighted by molar-refractivity contribution is 6.11. The van der Waals surface area contributed by atoms with E-state index in [2.05, 4.69) is 10.6 Å². The van der Waals surface area contributed by atoms with Crippen molar-refractivity contribution in [1.82, 2.24) is 10.6 Å². The summed E-state index contributed by atoms with van der Waals surface area (Å²) in [6.45, 7) is 0.130. The molecular weight excluding hydrogens is 407 g/mol. The van der Waals surface area contributed by atoms with E-state index < -0.39 is 35.4 Å². The number of carboxylic acid groups (broad SMARTS) is 1. The van der Waals surface area contributed by atoms with Gasteiger partial charge in [0.1, 0.15) is 28.8 Å². The molecule has 8 nitrogen and oxygen atoms in total. The molecule has 2 unspecified atom stereocenters. The first-order chi connectivity index (χ1) is 14.8. The third-order valence-corrected chi connectivity index (χ3v) is 5.45. The molecule has 3 aromatic rings. The molecule has 3 N–H and O–H groups in total. The van der Waals surface area contributed by atoms with E-state index in [1.54, 1.807) is 12.1 Å². The average Bonchev–Trinajstić information content (AvgIpc) is 3.32. The van der Waals surface area contributed by atoms with Crippen LogP contribution in [0.1, 0.15) is 21.8 Å². The van der Waals surface area contributed by atoms with Gasteiger partial charge in [-0.15, -0.1) is 0 Å². The number of methoxy groups -OCH3 is 1. The number of hydrogen-bond donors (Lipinski definition) is 3. The third-order valence-electron chi connectivity index (χ3n) is 5.45. The van der Waals surface area contributed by atoms with Crippen molar-refractivity contribution in [2.24, 2.45) is 5.92 Å². The van der Waals surface area contributed by atoms with Gasteiger partial charge in [0.15, 0.2) is 0 Å². The van der Waals surface area contributed by atoms with Gasteiger partial charge < -0.3 is 24.9 Å². The van der Waals surface area contributed by atoms with Crippen LogP contribution in [0.4, 0.5) is 4.39 Å². The number of nitrogens with one attached hydrogen (secondary N) is 2. The number of carboxylic acids is 1. The lowest BCUT2D eigenvalue weighted by molar-refractivity contribution is -0.145. The van der Waals surface area contributed by atoms with Gasteiger partial charge in [-0.25, -0.2) is 4.39 Å². The summed E-state index contributed by atoms with van der Waals surface area (Å²) in [5.41, 5.74) is 1.53. The molecule has 1 fully saturated rings. The van der Waals surface area contributed by atoms with Crippen LogP contribution in [0.25, 0.3) is 22.3 Å². The second kappa shape index (κ2) is 7.75. The number of furan rings is 1. The van der Waals surface area contributed by atoms with Gasteiger partial charge in [-0.3, -0.25) is 14.4 Å². The van der Waals surface area contributed by atoms with Crippen LogP contribution in [0.5, 0.6) is 5.75 Å². The molecular formula is C22H19FN2O6. The Morgan fingerprint density at radius 3 is 2.58 bits per heavy atom. The standard InChI is InChI=1S/C22H19FN2O6/c1-24-20(26)17-13-8-15(30-2)12(14-9-25-21(27)18(14)22(28)29)7-16(13)31-19(17)10-3-5-11(23)6-4-10/h3-8,14,18H,9H2,1-2H3,(H,24,26)(H,25,27)(H,28,29). The SMILES string of the molecule is CNC(=O)c1c(-c2ccc(F)cc2)oc2cc(C3CNC(=O)C3C(=O)O)c(OC)cc12. The van der Waals surface area contributed by atoms with E-state index in [1.165, 1.54) is 38.4 Å². The molecule has 1 aliphatic heterocycles. The number of carbonyl (C=O) groups excluding carboxylic acids is 2.